The molecule has 0 aliphatic heterocycles. The lowest BCUT2D eigenvalue weighted by Crippen LogP contribution is -2.28. The zero-order chi connectivity index (χ0) is 82.1. The van der Waals surface area contributed by atoms with Gasteiger partial charge >= 0.3 is 0 Å². The molecule has 24 rings (SSSR count). The standard InChI is InChI=1S/2C58H37N3O/c1-5-18-38(19-6-1)41-34-42(39-20-7-2-8-21-39)36-43(35-41)56-59-55(40-22-9-3-10-23-40)60-57(61-56)48-28-17-31-53-54(48)49-37-45(32-33-52(49)62-53)58(44-24-11-4-12-25-44)50-29-15-13-26-46(50)47-27-14-16-30-51(47)58;1-4-17-38(18-5-1)40-21-14-23-42(35-40)55-59-56(43-24-15-22-41(36-43)39-19-6-2-7-20-39)61-57(60-55)48-29-16-32-53-54(48)49-37-45(33-34-52(49)62-53)58(44-25-8-3-9-26-44)50-30-12-10-27-46(50)47-28-11-13-31-51(47)58/h2*1-37H. The first-order chi connectivity index (χ1) is 61.4. The first-order valence-electron chi connectivity index (χ1n) is 42.0. The smallest absolute Gasteiger partial charge is 0.164 e. The fourth-order valence-electron chi connectivity index (χ4n) is 19.3. The molecule has 580 valence electrons. The molecule has 0 unspecified atom stereocenters. The van der Waals surface area contributed by atoms with E-state index in [1.165, 1.54) is 66.8 Å². The molecule has 0 radical (unpaired) electrons. The summed E-state index contributed by atoms with van der Waals surface area (Å²) in [5.74, 6) is 3.55. The minimum atomic E-state index is -0.553. The second-order valence-corrected chi connectivity index (χ2v) is 31.8. The molecule has 2 aliphatic rings. The van der Waals surface area contributed by atoms with Crippen molar-refractivity contribution in [3.05, 3.63) is 493 Å². The van der Waals surface area contributed by atoms with Gasteiger partial charge in [-0.2, -0.15) is 0 Å². The average molecular weight is 1580 g/mol. The molecule has 0 N–H and O–H groups in total. The van der Waals surface area contributed by atoms with Crippen molar-refractivity contribution in [2.75, 3.05) is 0 Å². The van der Waals surface area contributed by atoms with Gasteiger partial charge in [-0.05, 0) is 178 Å². The molecular weight excluding hydrogens is 1510 g/mol. The molecule has 0 fully saturated rings. The van der Waals surface area contributed by atoms with Crippen LogP contribution in [0.2, 0.25) is 0 Å². The maximum atomic E-state index is 6.70. The van der Waals surface area contributed by atoms with Crippen LogP contribution in [0, 0.1) is 0 Å². The summed E-state index contributed by atoms with van der Waals surface area (Å²) in [7, 11) is 0. The van der Waals surface area contributed by atoms with Crippen molar-refractivity contribution in [2.24, 2.45) is 0 Å². The van der Waals surface area contributed by atoms with E-state index in [4.69, 9.17) is 38.7 Å². The van der Waals surface area contributed by atoms with E-state index in [2.05, 4.69) is 382 Å². The normalized spacial score (nSPS) is 12.6. The summed E-state index contributed by atoms with van der Waals surface area (Å²) in [6.07, 6.45) is 0. The Morgan fingerprint density at radius 1 is 0.153 bits per heavy atom. The Kier molecular flexibility index (Phi) is 17.9. The first kappa shape index (κ1) is 72.8. The highest BCUT2D eigenvalue weighted by Crippen LogP contribution is 2.59. The Morgan fingerprint density at radius 2 is 0.411 bits per heavy atom. The van der Waals surface area contributed by atoms with Gasteiger partial charge in [0.05, 0.1) is 10.8 Å². The summed E-state index contributed by atoms with van der Waals surface area (Å²) >= 11 is 0. The molecule has 2 aliphatic carbocycles. The lowest BCUT2D eigenvalue weighted by atomic mass is 9.67. The third kappa shape index (κ3) is 12.4. The third-order valence-corrected chi connectivity index (χ3v) is 24.8. The first-order valence-corrected chi connectivity index (χ1v) is 42.0. The van der Waals surface area contributed by atoms with E-state index in [9.17, 15) is 0 Å². The average Bonchev–Trinajstić information content (AvgIpc) is 1.54. The number of aromatic nitrogens is 6. The summed E-state index contributed by atoms with van der Waals surface area (Å²) in [6.45, 7) is 0. The van der Waals surface area contributed by atoms with Crippen LogP contribution in [0.4, 0.5) is 0 Å². The van der Waals surface area contributed by atoms with Crippen molar-refractivity contribution in [2.45, 2.75) is 10.8 Å². The van der Waals surface area contributed by atoms with Crippen LogP contribution in [0.5, 0.6) is 0 Å². The maximum Gasteiger partial charge on any atom is 0.164 e. The molecule has 124 heavy (non-hydrogen) atoms. The molecule has 0 amide bonds. The molecule has 4 heterocycles. The second-order valence-electron chi connectivity index (χ2n) is 31.8. The van der Waals surface area contributed by atoms with Crippen molar-refractivity contribution >= 4 is 43.9 Å². The van der Waals surface area contributed by atoms with Crippen molar-refractivity contribution in [1.29, 1.82) is 0 Å². The highest BCUT2D eigenvalue weighted by atomic mass is 16.3. The van der Waals surface area contributed by atoms with Gasteiger partial charge in [-0.25, -0.2) is 29.9 Å². The molecule has 0 saturated carbocycles. The topological polar surface area (TPSA) is 104 Å². The maximum absolute atomic E-state index is 6.70. The summed E-state index contributed by atoms with van der Waals surface area (Å²) in [6, 6.07) is 159. The number of nitrogens with zero attached hydrogens (tertiary/aromatic N) is 6. The van der Waals surface area contributed by atoms with Gasteiger partial charge in [0.2, 0.25) is 0 Å². The highest BCUT2D eigenvalue weighted by Gasteiger charge is 2.48. The molecule has 0 atom stereocenters. The predicted octanol–water partition coefficient (Wildman–Crippen LogP) is 28.9. The Hall–Kier alpha value is -16.4. The molecular formula is C116H74N6O2. The molecule has 4 aromatic heterocycles. The van der Waals surface area contributed by atoms with Crippen LogP contribution in [0.15, 0.2) is 458 Å². The van der Waals surface area contributed by atoms with Crippen LogP contribution in [0.3, 0.4) is 0 Å². The molecule has 0 bridgehead atoms. The summed E-state index contributed by atoms with van der Waals surface area (Å²) in [5.41, 5.74) is 31.1. The Balaban J connectivity index is 0.000000143. The number of benzene rings is 18. The van der Waals surface area contributed by atoms with Crippen LogP contribution < -0.4 is 0 Å². The van der Waals surface area contributed by atoms with E-state index < -0.39 is 10.8 Å². The SMILES string of the molecule is c1ccc(-c2cc(-c3ccccc3)cc(-c3nc(-c4ccccc4)nc(-c4cccc5oc6ccc(C7(c8ccccc8)c8ccccc8-c8ccccc87)cc6c45)n3)c2)cc1.c1ccc(-c2cccc(-c3nc(-c4cccc(-c5ccccc5)c4)nc(-c4cccc5oc6ccc(C7(c8ccccc8)c8ccccc8-c8ccccc87)cc6c45)n3)c2)cc1. The fourth-order valence-corrected chi connectivity index (χ4v) is 19.3. The molecule has 22 aromatic rings. The van der Waals surface area contributed by atoms with E-state index in [-0.39, 0.29) is 0 Å². The van der Waals surface area contributed by atoms with E-state index >= 15 is 0 Å². The number of hydrogen-bond acceptors (Lipinski definition) is 8. The summed E-state index contributed by atoms with van der Waals surface area (Å²) in [4.78, 5) is 31.6. The van der Waals surface area contributed by atoms with Gasteiger partial charge in [-0.1, -0.05) is 382 Å². The third-order valence-electron chi connectivity index (χ3n) is 24.8. The van der Waals surface area contributed by atoms with Gasteiger partial charge in [0.1, 0.15) is 22.3 Å². The van der Waals surface area contributed by atoms with E-state index in [1.54, 1.807) is 0 Å². The van der Waals surface area contributed by atoms with Crippen molar-refractivity contribution in [3.63, 3.8) is 0 Å². The number of rotatable bonds is 14. The minimum absolute atomic E-state index is 0.553. The molecule has 8 heteroatoms. The zero-order valence-electron chi connectivity index (χ0n) is 67.2. The Labute approximate surface area is 717 Å². The number of hydrogen-bond donors (Lipinski definition) is 0. The monoisotopic (exact) mass is 1580 g/mol. The van der Waals surface area contributed by atoms with Crippen LogP contribution in [0.1, 0.15) is 44.5 Å². The van der Waals surface area contributed by atoms with Gasteiger partial charge in [0, 0.05) is 54.9 Å². The van der Waals surface area contributed by atoms with Crippen LogP contribution in [0.25, 0.3) is 179 Å². The van der Waals surface area contributed by atoms with Crippen molar-refractivity contribution in [3.8, 4) is 135 Å². The summed E-state index contributed by atoms with van der Waals surface area (Å²) in [5, 5.41) is 3.94. The fraction of sp³-hybridized carbons (Fsp3) is 0.0172. The van der Waals surface area contributed by atoms with Gasteiger partial charge in [-0.3, -0.25) is 0 Å². The van der Waals surface area contributed by atoms with Crippen molar-refractivity contribution < 1.29 is 8.83 Å². The van der Waals surface area contributed by atoms with Gasteiger partial charge in [0.25, 0.3) is 0 Å². The Bertz CT molecular complexity index is 7340. The van der Waals surface area contributed by atoms with Crippen LogP contribution in [-0.4, -0.2) is 29.9 Å². The minimum Gasteiger partial charge on any atom is -0.456 e. The number of furan rings is 2. The number of fused-ring (bicyclic) bond motifs is 12. The van der Waals surface area contributed by atoms with Gasteiger partial charge in [-0.15, -0.1) is 0 Å². The molecule has 8 nitrogen and oxygen atoms in total. The van der Waals surface area contributed by atoms with Crippen LogP contribution in [-0.2, 0) is 10.8 Å². The molecule has 18 aromatic carbocycles. The quantitative estimate of drug-likeness (QED) is 0.106. The van der Waals surface area contributed by atoms with E-state index in [0.717, 1.165) is 122 Å². The van der Waals surface area contributed by atoms with Gasteiger partial charge < -0.3 is 8.83 Å². The van der Waals surface area contributed by atoms with E-state index in [1.807, 2.05) is 66.7 Å². The van der Waals surface area contributed by atoms with Crippen LogP contribution >= 0.6 is 0 Å². The molecule has 0 spiro atoms. The van der Waals surface area contributed by atoms with E-state index in [0.29, 0.717) is 34.9 Å². The lowest BCUT2D eigenvalue weighted by Gasteiger charge is -2.33. The highest BCUT2D eigenvalue weighted by molar-refractivity contribution is 6.14. The van der Waals surface area contributed by atoms with Crippen molar-refractivity contribution in [1.82, 2.24) is 29.9 Å². The lowest BCUT2D eigenvalue weighted by molar-refractivity contribution is 0.667. The second kappa shape index (κ2) is 30.4. The molecule has 0 saturated heterocycles. The van der Waals surface area contributed by atoms with Gasteiger partial charge in [0.15, 0.2) is 34.9 Å². The largest absolute Gasteiger partial charge is 0.456 e. The Morgan fingerprint density at radius 3 is 0.782 bits per heavy atom. The zero-order valence-corrected chi connectivity index (χ0v) is 67.2. The predicted molar refractivity (Wildman–Crippen MR) is 503 cm³/mol. The summed E-state index contributed by atoms with van der Waals surface area (Å²) < 4.78 is 13.4.